The predicted molar refractivity (Wildman–Crippen MR) is 59.4 cm³/mol. The fourth-order valence-corrected chi connectivity index (χ4v) is 1.14. The van der Waals surface area contributed by atoms with Gasteiger partial charge in [0.05, 0.1) is 4.47 Å². The van der Waals surface area contributed by atoms with Crippen molar-refractivity contribution in [3.63, 3.8) is 0 Å². The molecule has 2 N–H and O–H groups in total. The number of halogens is 2. The molecule has 0 aliphatic heterocycles. The molecule has 80 valence electrons. The number of nitrogens with one attached hydrogen (secondary N) is 1. The third kappa shape index (κ3) is 3.36. The number of aliphatic carboxylic acids is 1. The highest BCUT2D eigenvalue weighted by Crippen LogP contribution is 2.19. The van der Waals surface area contributed by atoms with Crippen LogP contribution in [0.15, 0.2) is 34.8 Å². The first-order valence-corrected chi connectivity index (χ1v) is 4.90. The van der Waals surface area contributed by atoms with E-state index in [4.69, 9.17) is 5.11 Å². The van der Waals surface area contributed by atoms with Gasteiger partial charge in [-0.1, -0.05) is 6.58 Å². The molecule has 0 amide bonds. The number of benzene rings is 1. The topological polar surface area (TPSA) is 49.3 Å². The van der Waals surface area contributed by atoms with Gasteiger partial charge in [0.2, 0.25) is 0 Å². The van der Waals surface area contributed by atoms with Gasteiger partial charge in [-0.3, -0.25) is 0 Å². The van der Waals surface area contributed by atoms with Gasteiger partial charge in [0.1, 0.15) is 5.82 Å². The number of carboxylic acid groups (broad SMARTS) is 1. The highest BCUT2D eigenvalue weighted by molar-refractivity contribution is 9.10. The summed E-state index contributed by atoms with van der Waals surface area (Å²) in [6.07, 6.45) is 0. The van der Waals surface area contributed by atoms with Gasteiger partial charge < -0.3 is 10.4 Å². The van der Waals surface area contributed by atoms with Crippen LogP contribution in [0.1, 0.15) is 0 Å². The Kier molecular flexibility index (Phi) is 3.85. The zero-order valence-electron chi connectivity index (χ0n) is 7.76. The van der Waals surface area contributed by atoms with E-state index < -0.39 is 11.8 Å². The Morgan fingerprint density at radius 2 is 2.27 bits per heavy atom. The van der Waals surface area contributed by atoms with Crippen molar-refractivity contribution < 1.29 is 14.3 Å². The molecule has 3 nitrogen and oxygen atoms in total. The van der Waals surface area contributed by atoms with Gasteiger partial charge in [-0.05, 0) is 34.1 Å². The summed E-state index contributed by atoms with van der Waals surface area (Å²) in [6.45, 7) is 3.42. The van der Waals surface area contributed by atoms with Crippen LogP contribution in [-0.4, -0.2) is 17.6 Å². The van der Waals surface area contributed by atoms with E-state index in [9.17, 15) is 9.18 Å². The predicted octanol–water partition coefficient (Wildman–Crippen LogP) is 2.64. The second-order valence-corrected chi connectivity index (χ2v) is 3.75. The van der Waals surface area contributed by atoms with E-state index in [-0.39, 0.29) is 12.1 Å². The van der Waals surface area contributed by atoms with Crippen LogP contribution >= 0.6 is 15.9 Å². The van der Waals surface area contributed by atoms with Crippen LogP contribution in [0, 0.1) is 5.82 Å². The third-order valence-electron chi connectivity index (χ3n) is 1.73. The van der Waals surface area contributed by atoms with Crippen molar-refractivity contribution >= 4 is 27.6 Å². The number of hydrogen-bond acceptors (Lipinski definition) is 2. The highest BCUT2D eigenvalue weighted by atomic mass is 79.9. The van der Waals surface area contributed by atoms with Crippen molar-refractivity contribution in [2.24, 2.45) is 0 Å². The Balaban J connectivity index is 2.62. The summed E-state index contributed by atoms with van der Waals surface area (Å²) >= 11 is 3.02. The van der Waals surface area contributed by atoms with Crippen molar-refractivity contribution in [3.8, 4) is 0 Å². The Labute approximate surface area is 94.7 Å². The summed E-state index contributed by atoms with van der Waals surface area (Å²) in [4.78, 5) is 10.4. The van der Waals surface area contributed by atoms with Crippen LogP contribution in [0.2, 0.25) is 0 Å². The fraction of sp³-hybridized carbons (Fsp3) is 0.100. The number of anilines is 1. The number of rotatable bonds is 4. The van der Waals surface area contributed by atoms with Gasteiger partial charge in [-0.25, -0.2) is 9.18 Å². The molecule has 1 aromatic carbocycles. The van der Waals surface area contributed by atoms with Gasteiger partial charge >= 0.3 is 5.97 Å². The lowest BCUT2D eigenvalue weighted by Gasteiger charge is -2.06. The molecule has 1 rings (SSSR count). The molecule has 15 heavy (non-hydrogen) atoms. The minimum Gasteiger partial charge on any atom is -0.478 e. The molecule has 0 fully saturated rings. The SMILES string of the molecule is C=C(CNc1ccc(Br)c(F)c1)C(=O)O. The van der Waals surface area contributed by atoms with E-state index in [0.29, 0.717) is 10.2 Å². The molecule has 0 heterocycles. The van der Waals surface area contributed by atoms with Crippen LogP contribution in [-0.2, 0) is 4.79 Å². The first-order valence-electron chi connectivity index (χ1n) is 4.10. The van der Waals surface area contributed by atoms with E-state index in [1.54, 1.807) is 12.1 Å². The van der Waals surface area contributed by atoms with Gasteiger partial charge in [0, 0.05) is 17.8 Å². The van der Waals surface area contributed by atoms with Crippen molar-refractivity contribution in [2.75, 3.05) is 11.9 Å². The lowest BCUT2D eigenvalue weighted by molar-refractivity contribution is -0.132. The first kappa shape index (κ1) is 11.7. The van der Waals surface area contributed by atoms with E-state index in [1.807, 2.05) is 0 Å². The van der Waals surface area contributed by atoms with Crippen molar-refractivity contribution in [2.45, 2.75) is 0 Å². The largest absolute Gasteiger partial charge is 0.478 e. The smallest absolute Gasteiger partial charge is 0.332 e. The molecule has 0 radical (unpaired) electrons. The van der Waals surface area contributed by atoms with Gasteiger partial charge in [-0.2, -0.15) is 0 Å². The fourth-order valence-electron chi connectivity index (χ4n) is 0.890. The molecule has 0 aromatic heterocycles. The summed E-state index contributed by atoms with van der Waals surface area (Å²) < 4.78 is 13.4. The molecule has 0 bridgehead atoms. The van der Waals surface area contributed by atoms with E-state index in [0.717, 1.165) is 0 Å². The lowest BCUT2D eigenvalue weighted by Crippen LogP contribution is -2.11. The molecule has 0 saturated carbocycles. The average molecular weight is 274 g/mol. The maximum atomic E-state index is 13.0. The molecule has 0 saturated heterocycles. The summed E-state index contributed by atoms with van der Waals surface area (Å²) in [5.74, 6) is -1.47. The van der Waals surface area contributed by atoms with Gasteiger partial charge in [0.25, 0.3) is 0 Å². The Bertz CT molecular complexity index is 406. The summed E-state index contributed by atoms with van der Waals surface area (Å²) in [5.41, 5.74) is 0.538. The summed E-state index contributed by atoms with van der Waals surface area (Å²) in [5, 5.41) is 11.3. The highest BCUT2D eigenvalue weighted by Gasteiger charge is 2.04. The lowest BCUT2D eigenvalue weighted by atomic mass is 10.2. The number of hydrogen-bond donors (Lipinski definition) is 2. The maximum Gasteiger partial charge on any atom is 0.332 e. The zero-order chi connectivity index (χ0) is 11.4. The zero-order valence-corrected chi connectivity index (χ0v) is 9.34. The average Bonchev–Trinajstić information content (AvgIpc) is 2.19. The number of carbonyl (C=O) groups is 1. The molecule has 0 unspecified atom stereocenters. The molecule has 0 aliphatic rings. The van der Waals surface area contributed by atoms with Crippen molar-refractivity contribution in [3.05, 3.63) is 40.6 Å². The van der Waals surface area contributed by atoms with Crippen LogP contribution in [0.25, 0.3) is 0 Å². The van der Waals surface area contributed by atoms with Crippen LogP contribution in [0.5, 0.6) is 0 Å². The standard InChI is InChI=1S/C10H9BrFNO2/c1-6(10(14)15)5-13-7-2-3-8(11)9(12)4-7/h2-4,13H,1,5H2,(H,14,15). The molecular weight excluding hydrogens is 265 g/mol. The maximum absolute atomic E-state index is 13.0. The van der Waals surface area contributed by atoms with Crippen molar-refractivity contribution in [1.29, 1.82) is 0 Å². The van der Waals surface area contributed by atoms with E-state index in [1.165, 1.54) is 6.07 Å². The van der Waals surface area contributed by atoms with E-state index in [2.05, 4.69) is 27.8 Å². The Morgan fingerprint density at radius 1 is 1.60 bits per heavy atom. The van der Waals surface area contributed by atoms with Gasteiger partial charge in [0.15, 0.2) is 0 Å². The van der Waals surface area contributed by atoms with Gasteiger partial charge in [-0.15, -0.1) is 0 Å². The first-order chi connectivity index (χ1) is 7.00. The Hall–Kier alpha value is -1.36. The second-order valence-electron chi connectivity index (χ2n) is 2.89. The summed E-state index contributed by atoms with van der Waals surface area (Å²) in [6, 6.07) is 4.46. The van der Waals surface area contributed by atoms with Crippen LogP contribution in [0.4, 0.5) is 10.1 Å². The Morgan fingerprint density at radius 3 is 2.80 bits per heavy atom. The third-order valence-corrected chi connectivity index (χ3v) is 2.37. The second kappa shape index (κ2) is 4.93. The minimum absolute atomic E-state index is 0.0262. The van der Waals surface area contributed by atoms with Crippen molar-refractivity contribution in [1.82, 2.24) is 0 Å². The monoisotopic (exact) mass is 273 g/mol. The summed E-state index contributed by atoms with van der Waals surface area (Å²) in [7, 11) is 0. The molecule has 1 aromatic rings. The molecule has 0 aliphatic carbocycles. The quantitative estimate of drug-likeness (QED) is 0.830. The molecule has 0 spiro atoms. The van der Waals surface area contributed by atoms with Crippen LogP contribution in [0.3, 0.4) is 0 Å². The minimum atomic E-state index is -1.07. The molecule has 0 atom stereocenters. The van der Waals surface area contributed by atoms with E-state index >= 15 is 0 Å². The number of carboxylic acids is 1. The van der Waals surface area contributed by atoms with Crippen LogP contribution < -0.4 is 5.32 Å². The normalized spacial score (nSPS) is 9.73. The molecular formula is C10H9BrFNO2. The molecule has 5 heteroatoms.